The fourth-order valence-electron chi connectivity index (χ4n) is 2.21. The SMILES string of the molecule is CC(C)Oc1cccc(CN(C)C(=O)c2cc(C(=O)O)ccn2)c1. The molecule has 0 aliphatic heterocycles. The fraction of sp³-hybridized carbons (Fsp3) is 0.278. The summed E-state index contributed by atoms with van der Waals surface area (Å²) in [5, 5.41) is 9.00. The Bertz CT molecular complexity index is 743. The molecule has 1 aromatic carbocycles. The van der Waals surface area contributed by atoms with Crippen LogP contribution in [0.5, 0.6) is 5.75 Å². The number of benzene rings is 1. The van der Waals surface area contributed by atoms with Gasteiger partial charge in [-0.15, -0.1) is 0 Å². The highest BCUT2D eigenvalue weighted by atomic mass is 16.5. The van der Waals surface area contributed by atoms with Gasteiger partial charge in [-0.2, -0.15) is 0 Å². The minimum Gasteiger partial charge on any atom is -0.491 e. The lowest BCUT2D eigenvalue weighted by atomic mass is 10.2. The third-order valence-corrected chi connectivity index (χ3v) is 3.26. The Morgan fingerprint density at radius 2 is 2.00 bits per heavy atom. The lowest BCUT2D eigenvalue weighted by Crippen LogP contribution is -2.27. The van der Waals surface area contributed by atoms with Gasteiger partial charge in [0, 0.05) is 19.8 Å². The second-order valence-electron chi connectivity index (χ2n) is 5.71. The molecule has 1 amide bonds. The zero-order chi connectivity index (χ0) is 17.7. The van der Waals surface area contributed by atoms with E-state index in [0.29, 0.717) is 6.54 Å². The Morgan fingerprint density at radius 1 is 1.25 bits per heavy atom. The summed E-state index contributed by atoms with van der Waals surface area (Å²) in [6.45, 7) is 4.26. The standard InChI is InChI=1S/C18H20N2O4/c1-12(2)24-15-6-4-5-13(9-15)11-20(3)17(21)16-10-14(18(22)23)7-8-19-16/h4-10,12H,11H2,1-3H3,(H,22,23). The first kappa shape index (κ1) is 17.5. The maximum Gasteiger partial charge on any atom is 0.335 e. The first-order valence-corrected chi connectivity index (χ1v) is 7.57. The van der Waals surface area contributed by atoms with Crippen molar-refractivity contribution in [1.29, 1.82) is 0 Å². The summed E-state index contributed by atoms with van der Waals surface area (Å²) in [4.78, 5) is 28.9. The number of amides is 1. The zero-order valence-electron chi connectivity index (χ0n) is 13.9. The van der Waals surface area contributed by atoms with Crippen molar-refractivity contribution in [2.24, 2.45) is 0 Å². The van der Waals surface area contributed by atoms with Gasteiger partial charge in [-0.25, -0.2) is 4.79 Å². The van der Waals surface area contributed by atoms with Gasteiger partial charge in [0.15, 0.2) is 0 Å². The average molecular weight is 328 g/mol. The summed E-state index contributed by atoms with van der Waals surface area (Å²) < 4.78 is 5.64. The van der Waals surface area contributed by atoms with Crippen LogP contribution in [0.15, 0.2) is 42.6 Å². The summed E-state index contributed by atoms with van der Waals surface area (Å²) in [6.07, 6.45) is 1.39. The van der Waals surface area contributed by atoms with Crippen LogP contribution in [-0.2, 0) is 6.54 Å². The highest BCUT2D eigenvalue weighted by molar-refractivity contribution is 5.95. The van der Waals surface area contributed by atoms with Crippen LogP contribution in [0.1, 0.15) is 40.3 Å². The van der Waals surface area contributed by atoms with Crippen molar-refractivity contribution in [2.75, 3.05) is 7.05 Å². The fourth-order valence-corrected chi connectivity index (χ4v) is 2.21. The first-order chi connectivity index (χ1) is 11.4. The lowest BCUT2D eigenvalue weighted by Gasteiger charge is -2.18. The summed E-state index contributed by atoms with van der Waals surface area (Å²) in [5.74, 6) is -0.685. The topological polar surface area (TPSA) is 79.7 Å². The van der Waals surface area contributed by atoms with E-state index in [1.807, 2.05) is 38.1 Å². The molecule has 0 bridgehead atoms. The number of hydrogen-bond acceptors (Lipinski definition) is 4. The predicted molar refractivity (Wildman–Crippen MR) is 89.2 cm³/mol. The number of rotatable bonds is 6. The second kappa shape index (κ2) is 7.59. The molecule has 6 nitrogen and oxygen atoms in total. The molecule has 126 valence electrons. The van der Waals surface area contributed by atoms with Crippen molar-refractivity contribution >= 4 is 11.9 Å². The van der Waals surface area contributed by atoms with E-state index >= 15 is 0 Å². The van der Waals surface area contributed by atoms with E-state index in [-0.39, 0.29) is 23.3 Å². The first-order valence-electron chi connectivity index (χ1n) is 7.57. The molecule has 6 heteroatoms. The largest absolute Gasteiger partial charge is 0.491 e. The van der Waals surface area contributed by atoms with E-state index in [9.17, 15) is 9.59 Å². The Hall–Kier alpha value is -2.89. The van der Waals surface area contributed by atoms with Crippen LogP contribution in [0.4, 0.5) is 0 Å². The third-order valence-electron chi connectivity index (χ3n) is 3.26. The number of aromatic nitrogens is 1. The van der Waals surface area contributed by atoms with Crippen molar-refractivity contribution in [1.82, 2.24) is 9.88 Å². The van der Waals surface area contributed by atoms with Gasteiger partial charge in [-0.1, -0.05) is 12.1 Å². The molecule has 1 heterocycles. The molecule has 2 rings (SSSR count). The zero-order valence-corrected chi connectivity index (χ0v) is 13.9. The molecule has 0 saturated carbocycles. The number of carbonyl (C=O) groups is 2. The van der Waals surface area contributed by atoms with E-state index in [4.69, 9.17) is 9.84 Å². The van der Waals surface area contributed by atoms with E-state index in [2.05, 4.69) is 4.98 Å². The maximum atomic E-state index is 12.4. The molecule has 0 unspecified atom stereocenters. The lowest BCUT2D eigenvalue weighted by molar-refractivity contribution is 0.0696. The maximum absolute atomic E-state index is 12.4. The van der Waals surface area contributed by atoms with Gasteiger partial charge < -0.3 is 14.7 Å². The third kappa shape index (κ3) is 4.55. The minimum absolute atomic E-state index is 0.0362. The number of pyridine rings is 1. The molecule has 0 radical (unpaired) electrons. The number of ether oxygens (including phenoxy) is 1. The van der Waals surface area contributed by atoms with Gasteiger partial charge >= 0.3 is 5.97 Å². The van der Waals surface area contributed by atoms with Gasteiger partial charge in [-0.05, 0) is 43.7 Å². The minimum atomic E-state index is -1.09. The molecule has 0 aliphatic rings. The van der Waals surface area contributed by atoms with E-state index in [1.54, 1.807) is 7.05 Å². The number of nitrogens with zero attached hydrogens (tertiary/aromatic N) is 2. The number of carbonyl (C=O) groups excluding carboxylic acids is 1. The number of aromatic carboxylic acids is 1. The number of carboxylic acid groups (broad SMARTS) is 1. The quantitative estimate of drug-likeness (QED) is 0.882. The van der Waals surface area contributed by atoms with Gasteiger partial charge in [-0.3, -0.25) is 9.78 Å². The van der Waals surface area contributed by atoms with Gasteiger partial charge in [0.2, 0.25) is 0 Å². The van der Waals surface area contributed by atoms with Crippen molar-refractivity contribution in [3.63, 3.8) is 0 Å². The molecule has 0 aliphatic carbocycles. The molecule has 1 N–H and O–H groups in total. The highest BCUT2D eigenvalue weighted by Crippen LogP contribution is 2.17. The number of hydrogen-bond donors (Lipinski definition) is 1. The van der Waals surface area contributed by atoms with Crippen LogP contribution in [-0.4, -0.2) is 40.0 Å². The molecule has 1 aromatic heterocycles. The Kier molecular flexibility index (Phi) is 5.52. The van der Waals surface area contributed by atoms with Crippen molar-refractivity contribution in [2.45, 2.75) is 26.5 Å². The highest BCUT2D eigenvalue weighted by Gasteiger charge is 2.16. The van der Waals surface area contributed by atoms with E-state index in [1.165, 1.54) is 23.2 Å². The van der Waals surface area contributed by atoms with Crippen LogP contribution >= 0.6 is 0 Å². The molecular weight excluding hydrogens is 308 g/mol. The average Bonchev–Trinajstić information content (AvgIpc) is 2.54. The van der Waals surface area contributed by atoms with Crippen molar-refractivity contribution < 1.29 is 19.4 Å². The molecule has 2 aromatic rings. The van der Waals surface area contributed by atoms with Gasteiger partial charge in [0.25, 0.3) is 5.91 Å². The Balaban J connectivity index is 2.11. The smallest absolute Gasteiger partial charge is 0.335 e. The van der Waals surface area contributed by atoms with Gasteiger partial charge in [0.1, 0.15) is 11.4 Å². The molecule has 0 saturated heterocycles. The molecule has 24 heavy (non-hydrogen) atoms. The van der Waals surface area contributed by atoms with Crippen LogP contribution in [0, 0.1) is 0 Å². The van der Waals surface area contributed by atoms with Crippen molar-refractivity contribution in [3.05, 3.63) is 59.4 Å². The molecule has 0 atom stereocenters. The van der Waals surface area contributed by atoms with Crippen LogP contribution in [0.3, 0.4) is 0 Å². The summed E-state index contributed by atoms with van der Waals surface area (Å²) >= 11 is 0. The summed E-state index contributed by atoms with van der Waals surface area (Å²) in [7, 11) is 1.65. The Labute approximate surface area is 140 Å². The number of carboxylic acids is 1. The summed E-state index contributed by atoms with van der Waals surface area (Å²) in [5.41, 5.74) is 1.06. The van der Waals surface area contributed by atoms with E-state index in [0.717, 1.165) is 11.3 Å². The van der Waals surface area contributed by atoms with Crippen LogP contribution in [0.25, 0.3) is 0 Å². The van der Waals surface area contributed by atoms with Crippen LogP contribution < -0.4 is 4.74 Å². The second-order valence-corrected chi connectivity index (χ2v) is 5.71. The predicted octanol–water partition coefficient (Wildman–Crippen LogP) is 2.84. The normalized spacial score (nSPS) is 10.5. The van der Waals surface area contributed by atoms with Crippen molar-refractivity contribution in [3.8, 4) is 5.75 Å². The monoisotopic (exact) mass is 328 g/mol. The molecule has 0 fully saturated rings. The van der Waals surface area contributed by atoms with Gasteiger partial charge in [0.05, 0.1) is 11.7 Å². The molecule has 0 spiro atoms. The summed E-state index contributed by atoms with van der Waals surface area (Å²) in [6, 6.07) is 10.1. The van der Waals surface area contributed by atoms with E-state index < -0.39 is 5.97 Å². The van der Waals surface area contributed by atoms with Crippen LogP contribution in [0.2, 0.25) is 0 Å². The molecular formula is C18H20N2O4. The Morgan fingerprint density at radius 3 is 2.67 bits per heavy atom.